The van der Waals surface area contributed by atoms with Gasteiger partial charge in [0.2, 0.25) is 11.7 Å². The first-order valence-corrected chi connectivity index (χ1v) is 11.0. The number of amides is 1. The summed E-state index contributed by atoms with van der Waals surface area (Å²) >= 11 is 7.39. The van der Waals surface area contributed by atoms with Crippen molar-refractivity contribution in [1.29, 1.82) is 0 Å². The molecule has 0 aliphatic rings. The predicted octanol–water partition coefficient (Wildman–Crippen LogP) is 5.88. The third-order valence-corrected chi connectivity index (χ3v) is 5.77. The van der Waals surface area contributed by atoms with E-state index in [9.17, 15) is 4.79 Å². The molecular formula is C23H21ClN4O2S. The highest BCUT2D eigenvalue weighted by molar-refractivity contribution is 7.99. The van der Waals surface area contributed by atoms with Gasteiger partial charge < -0.3 is 9.73 Å². The Morgan fingerprint density at radius 1 is 1.19 bits per heavy atom. The van der Waals surface area contributed by atoms with E-state index in [0.717, 1.165) is 27.8 Å². The first-order valence-electron chi connectivity index (χ1n) is 9.67. The number of halogens is 1. The van der Waals surface area contributed by atoms with Gasteiger partial charge in [0.15, 0.2) is 10.9 Å². The molecule has 0 unspecified atom stereocenters. The number of fused-ring (bicyclic) bond motifs is 1. The summed E-state index contributed by atoms with van der Waals surface area (Å²) in [7, 11) is 0. The molecule has 31 heavy (non-hydrogen) atoms. The minimum absolute atomic E-state index is 0.108. The van der Waals surface area contributed by atoms with Gasteiger partial charge in [-0.05, 0) is 61.4 Å². The van der Waals surface area contributed by atoms with Gasteiger partial charge in [0.25, 0.3) is 0 Å². The van der Waals surface area contributed by atoms with Crippen molar-refractivity contribution >= 4 is 45.9 Å². The Morgan fingerprint density at radius 3 is 2.71 bits per heavy atom. The van der Waals surface area contributed by atoms with Crippen LogP contribution in [0.25, 0.3) is 22.6 Å². The highest BCUT2D eigenvalue weighted by Crippen LogP contribution is 2.30. The normalized spacial score (nSPS) is 11.1. The largest absolute Gasteiger partial charge is 0.453 e. The summed E-state index contributed by atoms with van der Waals surface area (Å²) in [6.07, 6.45) is 1.76. The highest BCUT2D eigenvalue weighted by atomic mass is 35.5. The zero-order valence-electron chi connectivity index (χ0n) is 17.2. The van der Waals surface area contributed by atoms with Crippen molar-refractivity contribution in [3.63, 3.8) is 0 Å². The Hall–Kier alpha value is -3.03. The van der Waals surface area contributed by atoms with Crippen molar-refractivity contribution in [3.8, 4) is 11.6 Å². The molecule has 2 aromatic carbocycles. The maximum absolute atomic E-state index is 12.5. The van der Waals surface area contributed by atoms with E-state index >= 15 is 0 Å². The molecule has 6 nitrogen and oxygen atoms in total. The lowest BCUT2D eigenvalue weighted by Crippen LogP contribution is -2.15. The minimum atomic E-state index is -0.108. The number of aryl methyl sites for hydroxylation is 2. The molecule has 1 amide bonds. The summed E-state index contributed by atoms with van der Waals surface area (Å²) in [6.45, 7) is 8.31. The SMILES string of the molecule is C=CCn1c(SCC(=O)Nc2cc(C)cc(C)c2)nnc1-c1cc2cc(Cl)ccc2o1. The second kappa shape index (κ2) is 8.99. The maximum atomic E-state index is 12.5. The molecule has 0 radical (unpaired) electrons. The molecule has 158 valence electrons. The zero-order valence-corrected chi connectivity index (χ0v) is 18.8. The Morgan fingerprint density at radius 2 is 1.97 bits per heavy atom. The molecule has 0 aliphatic carbocycles. The molecule has 0 aliphatic heterocycles. The number of carbonyl (C=O) groups is 1. The quantitative estimate of drug-likeness (QED) is 0.280. The summed E-state index contributed by atoms with van der Waals surface area (Å²) in [5.41, 5.74) is 3.71. The standard InChI is InChI=1S/C23H21ClN4O2S/c1-4-7-28-22(20-12-16-11-17(24)5-6-19(16)30-20)26-27-23(28)31-13-21(29)25-18-9-14(2)8-15(3)10-18/h4-6,8-12H,1,7,13H2,2-3H3,(H,25,29). The number of furan rings is 1. The van der Waals surface area contributed by atoms with E-state index in [1.165, 1.54) is 11.8 Å². The average Bonchev–Trinajstić information content (AvgIpc) is 3.29. The number of nitrogens with one attached hydrogen (secondary N) is 1. The van der Waals surface area contributed by atoms with Crippen LogP contribution in [0.15, 0.2) is 64.7 Å². The van der Waals surface area contributed by atoms with Crippen molar-refractivity contribution in [2.75, 3.05) is 11.1 Å². The minimum Gasteiger partial charge on any atom is -0.453 e. The number of allylic oxidation sites excluding steroid dienone is 1. The Labute approximate surface area is 189 Å². The molecule has 1 N–H and O–H groups in total. The van der Waals surface area contributed by atoms with Crippen molar-refractivity contribution < 1.29 is 9.21 Å². The van der Waals surface area contributed by atoms with Gasteiger partial charge >= 0.3 is 0 Å². The first-order chi connectivity index (χ1) is 14.9. The predicted molar refractivity (Wildman–Crippen MR) is 126 cm³/mol. The van der Waals surface area contributed by atoms with Crippen LogP contribution in [0.1, 0.15) is 11.1 Å². The number of thioether (sulfide) groups is 1. The molecule has 0 atom stereocenters. The Balaban J connectivity index is 1.52. The third kappa shape index (κ3) is 4.84. The molecule has 2 heterocycles. The van der Waals surface area contributed by atoms with E-state index in [-0.39, 0.29) is 11.7 Å². The number of rotatable bonds is 7. The van der Waals surface area contributed by atoms with Crippen LogP contribution in [-0.4, -0.2) is 26.4 Å². The molecule has 4 rings (SSSR count). The van der Waals surface area contributed by atoms with Crippen LogP contribution in [0.4, 0.5) is 5.69 Å². The highest BCUT2D eigenvalue weighted by Gasteiger charge is 2.18. The van der Waals surface area contributed by atoms with Crippen molar-refractivity contribution in [2.45, 2.75) is 25.5 Å². The molecular weight excluding hydrogens is 432 g/mol. The number of carbonyl (C=O) groups excluding carboxylic acids is 1. The van der Waals surface area contributed by atoms with E-state index in [2.05, 4.69) is 28.2 Å². The third-order valence-electron chi connectivity index (χ3n) is 4.57. The van der Waals surface area contributed by atoms with Crippen molar-refractivity contribution in [1.82, 2.24) is 14.8 Å². The number of hydrogen-bond donors (Lipinski definition) is 1. The summed E-state index contributed by atoms with van der Waals surface area (Å²) in [6, 6.07) is 13.3. The topological polar surface area (TPSA) is 73.0 Å². The van der Waals surface area contributed by atoms with Gasteiger partial charge in [-0.1, -0.05) is 35.5 Å². The summed E-state index contributed by atoms with van der Waals surface area (Å²) in [5, 5.41) is 13.6. The molecule has 8 heteroatoms. The van der Waals surface area contributed by atoms with Gasteiger partial charge in [-0.2, -0.15) is 0 Å². The summed E-state index contributed by atoms with van der Waals surface area (Å²) < 4.78 is 7.81. The molecule has 4 aromatic rings. The number of benzene rings is 2. The van der Waals surface area contributed by atoms with Crippen LogP contribution >= 0.6 is 23.4 Å². The van der Waals surface area contributed by atoms with Gasteiger partial charge in [-0.15, -0.1) is 16.8 Å². The smallest absolute Gasteiger partial charge is 0.234 e. The lowest BCUT2D eigenvalue weighted by Gasteiger charge is -2.08. The van der Waals surface area contributed by atoms with E-state index in [1.54, 1.807) is 12.1 Å². The van der Waals surface area contributed by atoms with Crippen LogP contribution in [0.2, 0.25) is 5.02 Å². The van der Waals surface area contributed by atoms with Crippen LogP contribution in [-0.2, 0) is 11.3 Å². The average molecular weight is 453 g/mol. The van der Waals surface area contributed by atoms with E-state index in [4.69, 9.17) is 16.0 Å². The molecule has 0 fully saturated rings. The fraction of sp³-hybridized carbons (Fsp3) is 0.174. The number of aromatic nitrogens is 3. The van der Waals surface area contributed by atoms with Crippen molar-refractivity contribution in [3.05, 3.63) is 71.3 Å². The van der Waals surface area contributed by atoms with Crippen molar-refractivity contribution in [2.24, 2.45) is 0 Å². The fourth-order valence-corrected chi connectivity index (χ4v) is 4.30. The second-order valence-electron chi connectivity index (χ2n) is 7.21. The van der Waals surface area contributed by atoms with Gasteiger partial charge in [-0.25, -0.2) is 0 Å². The van der Waals surface area contributed by atoms with E-state index < -0.39 is 0 Å². The fourth-order valence-electron chi connectivity index (χ4n) is 3.37. The first kappa shape index (κ1) is 21.2. The zero-order chi connectivity index (χ0) is 22.0. The van der Waals surface area contributed by atoms with Gasteiger partial charge in [0.05, 0.1) is 5.75 Å². The van der Waals surface area contributed by atoms with E-state index in [1.807, 2.05) is 48.7 Å². The molecule has 0 bridgehead atoms. The van der Waals surface area contributed by atoms with Gasteiger partial charge in [0.1, 0.15) is 5.58 Å². The van der Waals surface area contributed by atoms with Crippen LogP contribution < -0.4 is 5.32 Å². The van der Waals surface area contributed by atoms with Crippen LogP contribution in [0, 0.1) is 13.8 Å². The van der Waals surface area contributed by atoms with Crippen LogP contribution in [0.3, 0.4) is 0 Å². The lowest BCUT2D eigenvalue weighted by molar-refractivity contribution is -0.113. The van der Waals surface area contributed by atoms with Crippen LogP contribution in [0.5, 0.6) is 0 Å². The summed E-state index contributed by atoms with van der Waals surface area (Å²) in [4.78, 5) is 12.5. The number of nitrogens with zero attached hydrogens (tertiary/aromatic N) is 3. The molecule has 2 aromatic heterocycles. The van der Waals surface area contributed by atoms with Gasteiger partial charge in [-0.3, -0.25) is 9.36 Å². The monoisotopic (exact) mass is 452 g/mol. The molecule has 0 saturated heterocycles. The lowest BCUT2D eigenvalue weighted by atomic mass is 10.1. The molecule has 0 saturated carbocycles. The molecule has 0 spiro atoms. The Bertz CT molecular complexity index is 1260. The number of anilines is 1. The number of hydrogen-bond acceptors (Lipinski definition) is 5. The maximum Gasteiger partial charge on any atom is 0.234 e. The van der Waals surface area contributed by atoms with Gasteiger partial charge in [0, 0.05) is 22.6 Å². The van der Waals surface area contributed by atoms with E-state index in [0.29, 0.717) is 28.3 Å². The Kier molecular flexibility index (Phi) is 6.15. The second-order valence-corrected chi connectivity index (χ2v) is 8.59. The summed E-state index contributed by atoms with van der Waals surface area (Å²) in [5.74, 6) is 1.25.